The highest BCUT2D eigenvalue weighted by Gasteiger charge is 2.14. The van der Waals surface area contributed by atoms with E-state index in [1.54, 1.807) is 56.8 Å². The number of carbonyl (C=O) groups is 2. The highest BCUT2D eigenvalue weighted by atomic mass is 16.5. The second kappa shape index (κ2) is 9.26. The fraction of sp³-hybridized carbons (Fsp3) is 0.120. The molecule has 2 aromatic heterocycles. The van der Waals surface area contributed by atoms with Crippen LogP contribution in [0, 0.1) is 0 Å². The van der Waals surface area contributed by atoms with E-state index in [0.717, 1.165) is 16.5 Å². The van der Waals surface area contributed by atoms with Gasteiger partial charge < -0.3 is 15.0 Å². The molecule has 1 N–H and O–H groups in total. The van der Waals surface area contributed by atoms with E-state index < -0.39 is 0 Å². The Labute approximate surface area is 185 Å². The van der Waals surface area contributed by atoms with Crippen molar-refractivity contribution in [2.75, 3.05) is 26.0 Å². The molecular weight excluding hydrogens is 404 g/mol. The first-order chi connectivity index (χ1) is 15.5. The van der Waals surface area contributed by atoms with Crippen molar-refractivity contribution < 1.29 is 14.3 Å². The van der Waals surface area contributed by atoms with Crippen LogP contribution < -0.4 is 10.1 Å². The van der Waals surface area contributed by atoms with E-state index in [-0.39, 0.29) is 18.4 Å². The lowest BCUT2D eigenvalue weighted by atomic mass is 10.0. The number of carbonyl (C=O) groups excluding carboxylic acids is 2. The lowest BCUT2D eigenvalue weighted by Crippen LogP contribution is -2.27. The second-order valence-corrected chi connectivity index (χ2v) is 7.37. The third-order valence-electron chi connectivity index (χ3n) is 4.89. The van der Waals surface area contributed by atoms with Gasteiger partial charge in [-0.05, 0) is 48.5 Å². The maximum Gasteiger partial charge on any atom is 0.259 e. The fourth-order valence-corrected chi connectivity index (χ4v) is 3.13. The SMILES string of the molecule is CN(C)C(=O)COc1ccc(NC(=O)c2cc(-c3cccnc3)nc3ccccc23)cc1. The molecule has 0 spiro atoms. The number of para-hydroxylation sites is 1. The van der Waals surface area contributed by atoms with E-state index in [2.05, 4.69) is 15.3 Å². The number of hydrogen-bond acceptors (Lipinski definition) is 5. The molecule has 7 heteroatoms. The van der Waals surface area contributed by atoms with Crippen LogP contribution in [0.15, 0.2) is 79.1 Å². The minimum Gasteiger partial charge on any atom is -0.484 e. The lowest BCUT2D eigenvalue weighted by molar-refractivity contribution is -0.130. The van der Waals surface area contributed by atoms with Gasteiger partial charge in [0.15, 0.2) is 6.61 Å². The number of nitrogens with zero attached hydrogens (tertiary/aromatic N) is 3. The van der Waals surface area contributed by atoms with Gasteiger partial charge in [0.2, 0.25) is 0 Å². The molecular formula is C25H22N4O3. The minimum absolute atomic E-state index is 0.0428. The standard InChI is InChI=1S/C25H22N4O3/c1-29(2)24(30)16-32-19-11-9-18(10-12-19)27-25(31)21-14-23(17-6-5-13-26-15-17)28-22-8-4-3-7-20(21)22/h3-15H,16H2,1-2H3,(H,27,31). The predicted octanol–water partition coefficient (Wildman–Crippen LogP) is 4.02. The van der Waals surface area contributed by atoms with Gasteiger partial charge in [0.1, 0.15) is 5.75 Å². The number of nitrogens with one attached hydrogen (secondary N) is 1. The van der Waals surface area contributed by atoms with Gasteiger partial charge in [0.05, 0.1) is 16.8 Å². The topological polar surface area (TPSA) is 84.4 Å². The molecule has 2 heterocycles. The summed E-state index contributed by atoms with van der Waals surface area (Å²) >= 11 is 0. The summed E-state index contributed by atoms with van der Waals surface area (Å²) in [5, 5.41) is 3.69. The Bertz CT molecular complexity index is 1260. The zero-order valence-corrected chi connectivity index (χ0v) is 17.8. The maximum absolute atomic E-state index is 13.2. The third kappa shape index (κ3) is 4.73. The molecule has 2 aromatic carbocycles. The van der Waals surface area contributed by atoms with Gasteiger partial charge >= 0.3 is 0 Å². The molecule has 4 aromatic rings. The van der Waals surface area contributed by atoms with Crippen LogP contribution in [0.5, 0.6) is 5.75 Å². The summed E-state index contributed by atoms with van der Waals surface area (Å²) in [5.74, 6) is 0.174. The number of hydrogen-bond donors (Lipinski definition) is 1. The van der Waals surface area contributed by atoms with Gasteiger partial charge in [-0.2, -0.15) is 0 Å². The molecule has 0 atom stereocenters. The summed E-state index contributed by atoms with van der Waals surface area (Å²) in [6.07, 6.45) is 3.42. The first-order valence-electron chi connectivity index (χ1n) is 10.1. The molecule has 0 bridgehead atoms. The van der Waals surface area contributed by atoms with Crippen molar-refractivity contribution in [1.82, 2.24) is 14.9 Å². The van der Waals surface area contributed by atoms with E-state index >= 15 is 0 Å². The fourth-order valence-electron chi connectivity index (χ4n) is 3.13. The molecule has 32 heavy (non-hydrogen) atoms. The number of pyridine rings is 2. The molecule has 4 rings (SSSR count). The highest BCUT2D eigenvalue weighted by molar-refractivity contribution is 6.13. The summed E-state index contributed by atoms with van der Waals surface area (Å²) in [7, 11) is 3.35. The van der Waals surface area contributed by atoms with E-state index in [9.17, 15) is 9.59 Å². The van der Waals surface area contributed by atoms with Gasteiger partial charge in [-0.25, -0.2) is 4.98 Å². The number of aromatic nitrogens is 2. The van der Waals surface area contributed by atoms with E-state index in [1.165, 1.54) is 4.90 Å². The molecule has 0 unspecified atom stereocenters. The number of anilines is 1. The molecule has 2 amide bonds. The Morgan fingerprint density at radius 3 is 2.50 bits per heavy atom. The molecule has 0 aliphatic heterocycles. The zero-order chi connectivity index (χ0) is 22.5. The summed E-state index contributed by atoms with van der Waals surface area (Å²) in [4.78, 5) is 35.1. The number of likely N-dealkylation sites (N-methyl/N-ethyl adjacent to an activating group) is 1. The smallest absolute Gasteiger partial charge is 0.259 e. The van der Waals surface area contributed by atoms with Crippen molar-refractivity contribution in [2.45, 2.75) is 0 Å². The van der Waals surface area contributed by atoms with Crippen LogP contribution in [0.3, 0.4) is 0 Å². The first-order valence-corrected chi connectivity index (χ1v) is 10.1. The normalized spacial score (nSPS) is 10.6. The van der Waals surface area contributed by atoms with Gasteiger partial charge in [0, 0.05) is 43.1 Å². The zero-order valence-electron chi connectivity index (χ0n) is 17.8. The van der Waals surface area contributed by atoms with Crippen molar-refractivity contribution in [3.63, 3.8) is 0 Å². The van der Waals surface area contributed by atoms with E-state index in [0.29, 0.717) is 22.7 Å². The van der Waals surface area contributed by atoms with Crippen LogP contribution in [-0.2, 0) is 4.79 Å². The summed E-state index contributed by atoms with van der Waals surface area (Å²) in [5.41, 5.74) is 3.38. The largest absolute Gasteiger partial charge is 0.484 e. The van der Waals surface area contributed by atoms with E-state index in [4.69, 9.17) is 4.74 Å². The van der Waals surface area contributed by atoms with Crippen LogP contribution in [-0.4, -0.2) is 47.4 Å². The molecule has 0 aliphatic carbocycles. The number of fused-ring (bicyclic) bond motifs is 1. The molecule has 7 nitrogen and oxygen atoms in total. The molecule has 160 valence electrons. The Hall–Kier alpha value is -4.26. The van der Waals surface area contributed by atoms with Gasteiger partial charge in [-0.1, -0.05) is 18.2 Å². The van der Waals surface area contributed by atoms with Crippen LogP contribution in [0.4, 0.5) is 5.69 Å². The summed E-state index contributed by atoms with van der Waals surface area (Å²) in [6.45, 7) is -0.0428. The predicted molar refractivity (Wildman–Crippen MR) is 124 cm³/mol. The summed E-state index contributed by atoms with van der Waals surface area (Å²) < 4.78 is 5.48. The van der Waals surface area contributed by atoms with Crippen molar-refractivity contribution in [2.24, 2.45) is 0 Å². The number of benzene rings is 2. The second-order valence-electron chi connectivity index (χ2n) is 7.37. The monoisotopic (exact) mass is 426 g/mol. The number of ether oxygens (including phenoxy) is 1. The van der Waals surface area contributed by atoms with Crippen molar-refractivity contribution in [3.8, 4) is 17.0 Å². The lowest BCUT2D eigenvalue weighted by Gasteiger charge is -2.12. The van der Waals surface area contributed by atoms with Gasteiger partial charge in [-0.3, -0.25) is 14.6 Å². The van der Waals surface area contributed by atoms with E-state index in [1.807, 2.05) is 36.4 Å². The molecule has 0 saturated heterocycles. The molecule has 0 fully saturated rings. The average Bonchev–Trinajstić information content (AvgIpc) is 2.83. The Kier molecular flexibility index (Phi) is 6.07. The Morgan fingerprint density at radius 1 is 1.00 bits per heavy atom. The highest BCUT2D eigenvalue weighted by Crippen LogP contribution is 2.25. The Morgan fingerprint density at radius 2 is 1.78 bits per heavy atom. The molecule has 0 aliphatic rings. The molecule has 0 saturated carbocycles. The van der Waals surface area contributed by atoms with Crippen LogP contribution in [0.2, 0.25) is 0 Å². The quantitative estimate of drug-likeness (QED) is 0.504. The minimum atomic E-state index is -0.245. The number of rotatable bonds is 6. The first kappa shape index (κ1) is 21.0. The van der Waals surface area contributed by atoms with Crippen LogP contribution in [0.1, 0.15) is 10.4 Å². The van der Waals surface area contributed by atoms with Crippen LogP contribution >= 0.6 is 0 Å². The van der Waals surface area contributed by atoms with Crippen molar-refractivity contribution in [3.05, 3.63) is 84.7 Å². The maximum atomic E-state index is 13.2. The molecule has 0 radical (unpaired) electrons. The van der Waals surface area contributed by atoms with Crippen LogP contribution in [0.25, 0.3) is 22.2 Å². The summed E-state index contributed by atoms with van der Waals surface area (Å²) in [6, 6.07) is 19.9. The van der Waals surface area contributed by atoms with Crippen molar-refractivity contribution >= 4 is 28.4 Å². The van der Waals surface area contributed by atoms with Gasteiger partial charge in [0.25, 0.3) is 11.8 Å². The average molecular weight is 426 g/mol. The third-order valence-corrected chi connectivity index (χ3v) is 4.89. The number of amides is 2. The Balaban J connectivity index is 1.57. The van der Waals surface area contributed by atoms with Gasteiger partial charge in [-0.15, -0.1) is 0 Å². The van der Waals surface area contributed by atoms with Crippen molar-refractivity contribution in [1.29, 1.82) is 0 Å².